The highest BCUT2D eigenvalue weighted by molar-refractivity contribution is 6.32. The van der Waals surface area contributed by atoms with Gasteiger partial charge in [-0.3, -0.25) is 4.79 Å². The zero-order valence-corrected chi connectivity index (χ0v) is 15.1. The van der Waals surface area contributed by atoms with E-state index in [-0.39, 0.29) is 11.8 Å². The van der Waals surface area contributed by atoms with Crippen molar-refractivity contribution in [3.63, 3.8) is 0 Å². The molecule has 0 heterocycles. The molecule has 5 heteroatoms. The van der Waals surface area contributed by atoms with E-state index >= 15 is 0 Å². The first-order chi connectivity index (χ1) is 12.0. The van der Waals surface area contributed by atoms with E-state index in [9.17, 15) is 4.79 Å². The summed E-state index contributed by atoms with van der Waals surface area (Å²) in [6.07, 6.45) is 0.250. The second-order valence-corrected chi connectivity index (χ2v) is 6.19. The summed E-state index contributed by atoms with van der Waals surface area (Å²) in [7, 11) is 0. The third-order valence-corrected chi connectivity index (χ3v) is 4.32. The summed E-state index contributed by atoms with van der Waals surface area (Å²) in [4.78, 5) is 12.3. The molecule has 2 rings (SSSR count). The molecule has 0 saturated heterocycles. The van der Waals surface area contributed by atoms with E-state index in [2.05, 4.69) is 24.4 Å². The number of ether oxygens (including phenoxy) is 1. The number of carbonyl (C=O) groups is 1. The van der Waals surface area contributed by atoms with Crippen LogP contribution in [0.2, 0.25) is 5.02 Å². The first-order valence-corrected chi connectivity index (χ1v) is 8.62. The molecule has 0 aliphatic carbocycles. The Bertz CT molecular complexity index is 756. The van der Waals surface area contributed by atoms with Crippen molar-refractivity contribution in [3.8, 4) is 11.8 Å². The van der Waals surface area contributed by atoms with Crippen LogP contribution in [0.3, 0.4) is 0 Å². The van der Waals surface area contributed by atoms with Crippen LogP contribution >= 0.6 is 11.6 Å². The first kappa shape index (κ1) is 18.8. The molecule has 0 bridgehead atoms. The van der Waals surface area contributed by atoms with Gasteiger partial charge in [0, 0.05) is 12.5 Å². The predicted molar refractivity (Wildman–Crippen MR) is 98.7 cm³/mol. The fourth-order valence-electron chi connectivity index (χ4n) is 2.50. The fourth-order valence-corrected chi connectivity index (χ4v) is 2.73. The third-order valence-electron chi connectivity index (χ3n) is 4.02. The second-order valence-electron chi connectivity index (χ2n) is 5.78. The van der Waals surface area contributed by atoms with Gasteiger partial charge in [-0.15, -0.1) is 0 Å². The van der Waals surface area contributed by atoms with Crippen LogP contribution in [0.5, 0.6) is 5.75 Å². The SMILES string of the molecule is CC[C@H](CNC(=O)[C@H](C)Oc1ccc(C#N)cc1Cl)c1ccccc1. The molecule has 1 N–H and O–H groups in total. The lowest BCUT2D eigenvalue weighted by atomic mass is 9.96. The van der Waals surface area contributed by atoms with Crippen molar-refractivity contribution in [2.45, 2.75) is 32.3 Å². The van der Waals surface area contributed by atoms with Crippen LogP contribution in [0.4, 0.5) is 0 Å². The molecule has 0 fully saturated rings. The van der Waals surface area contributed by atoms with Crippen molar-refractivity contribution in [1.29, 1.82) is 5.26 Å². The molecular formula is C20H21ClN2O2. The highest BCUT2D eigenvalue weighted by Crippen LogP contribution is 2.26. The van der Waals surface area contributed by atoms with Crippen molar-refractivity contribution in [2.24, 2.45) is 0 Å². The number of hydrogen-bond acceptors (Lipinski definition) is 3. The monoisotopic (exact) mass is 356 g/mol. The molecular weight excluding hydrogens is 336 g/mol. The number of carbonyl (C=O) groups excluding carboxylic acids is 1. The van der Waals surface area contributed by atoms with Crippen LogP contribution in [-0.2, 0) is 4.79 Å². The average Bonchev–Trinajstić information content (AvgIpc) is 2.64. The summed E-state index contributed by atoms with van der Waals surface area (Å²) in [5, 5.41) is 12.1. The van der Waals surface area contributed by atoms with Crippen LogP contribution < -0.4 is 10.1 Å². The summed E-state index contributed by atoms with van der Waals surface area (Å²) >= 11 is 6.08. The molecule has 0 aliphatic heterocycles. The van der Waals surface area contributed by atoms with E-state index in [0.29, 0.717) is 22.9 Å². The normalized spacial score (nSPS) is 12.7. The van der Waals surface area contributed by atoms with Gasteiger partial charge in [0.25, 0.3) is 5.91 Å². The minimum atomic E-state index is -0.682. The number of hydrogen-bond donors (Lipinski definition) is 1. The van der Waals surface area contributed by atoms with E-state index in [1.165, 1.54) is 11.6 Å². The fraction of sp³-hybridized carbons (Fsp3) is 0.300. The van der Waals surface area contributed by atoms with E-state index in [1.807, 2.05) is 24.3 Å². The van der Waals surface area contributed by atoms with Crippen LogP contribution in [-0.4, -0.2) is 18.6 Å². The topological polar surface area (TPSA) is 62.1 Å². The van der Waals surface area contributed by atoms with Gasteiger partial charge in [-0.1, -0.05) is 48.9 Å². The molecule has 2 aromatic rings. The van der Waals surface area contributed by atoms with E-state index in [1.54, 1.807) is 19.1 Å². The Morgan fingerprint density at radius 3 is 2.60 bits per heavy atom. The number of rotatable bonds is 7. The largest absolute Gasteiger partial charge is 0.479 e. The number of benzene rings is 2. The highest BCUT2D eigenvalue weighted by atomic mass is 35.5. The molecule has 4 nitrogen and oxygen atoms in total. The summed E-state index contributed by atoms with van der Waals surface area (Å²) in [6.45, 7) is 4.32. The quantitative estimate of drug-likeness (QED) is 0.805. The number of nitriles is 1. The summed E-state index contributed by atoms with van der Waals surface area (Å²) in [5.74, 6) is 0.448. The Morgan fingerprint density at radius 1 is 1.28 bits per heavy atom. The minimum absolute atomic E-state index is 0.199. The maximum atomic E-state index is 12.3. The molecule has 2 atom stereocenters. The standard InChI is InChI=1S/C20H21ClN2O2/c1-3-16(17-7-5-4-6-8-17)13-23-20(24)14(2)25-19-10-9-15(12-22)11-18(19)21/h4-11,14,16H,3,13H2,1-2H3,(H,23,24)/t14-,16+/m0/s1. The lowest BCUT2D eigenvalue weighted by molar-refractivity contribution is -0.127. The van der Waals surface area contributed by atoms with Gasteiger partial charge in [-0.05, 0) is 37.1 Å². The predicted octanol–water partition coefficient (Wildman–Crippen LogP) is 4.29. The lowest BCUT2D eigenvalue weighted by Crippen LogP contribution is -2.38. The van der Waals surface area contributed by atoms with E-state index in [0.717, 1.165) is 6.42 Å². The molecule has 130 valence electrons. The average molecular weight is 357 g/mol. The van der Waals surface area contributed by atoms with Gasteiger partial charge in [0.1, 0.15) is 5.75 Å². The molecule has 0 aromatic heterocycles. The van der Waals surface area contributed by atoms with Crippen molar-refractivity contribution in [3.05, 3.63) is 64.7 Å². The van der Waals surface area contributed by atoms with Gasteiger partial charge >= 0.3 is 0 Å². The minimum Gasteiger partial charge on any atom is -0.479 e. The Labute approximate surface area is 153 Å². The van der Waals surface area contributed by atoms with Crippen molar-refractivity contribution in [2.75, 3.05) is 6.54 Å². The third kappa shape index (κ3) is 5.23. The molecule has 0 aliphatic rings. The molecule has 2 aromatic carbocycles. The summed E-state index contributed by atoms with van der Waals surface area (Å²) in [6, 6.07) is 16.8. The number of halogens is 1. The molecule has 0 unspecified atom stereocenters. The van der Waals surface area contributed by atoms with Gasteiger partial charge in [-0.25, -0.2) is 0 Å². The molecule has 0 spiro atoms. The van der Waals surface area contributed by atoms with Crippen molar-refractivity contribution >= 4 is 17.5 Å². The van der Waals surface area contributed by atoms with Crippen LogP contribution in [0.25, 0.3) is 0 Å². The zero-order chi connectivity index (χ0) is 18.2. The van der Waals surface area contributed by atoms with E-state index in [4.69, 9.17) is 21.6 Å². The molecule has 0 saturated carbocycles. The van der Waals surface area contributed by atoms with Gasteiger partial charge in [0.05, 0.1) is 16.7 Å². The lowest BCUT2D eigenvalue weighted by Gasteiger charge is -2.19. The van der Waals surface area contributed by atoms with Gasteiger partial charge < -0.3 is 10.1 Å². The number of nitrogens with one attached hydrogen (secondary N) is 1. The van der Waals surface area contributed by atoms with Crippen molar-refractivity contribution in [1.82, 2.24) is 5.32 Å². The smallest absolute Gasteiger partial charge is 0.260 e. The Hall–Kier alpha value is -2.51. The summed E-state index contributed by atoms with van der Waals surface area (Å²) in [5.41, 5.74) is 1.65. The summed E-state index contributed by atoms with van der Waals surface area (Å²) < 4.78 is 5.62. The first-order valence-electron chi connectivity index (χ1n) is 8.24. The van der Waals surface area contributed by atoms with Gasteiger partial charge in [-0.2, -0.15) is 5.26 Å². The highest BCUT2D eigenvalue weighted by Gasteiger charge is 2.18. The molecule has 1 amide bonds. The second kappa shape index (κ2) is 9.10. The Kier molecular flexibility index (Phi) is 6.85. The van der Waals surface area contributed by atoms with Crippen LogP contribution in [0, 0.1) is 11.3 Å². The van der Waals surface area contributed by atoms with E-state index < -0.39 is 6.10 Å². The maximum absolute atomic E-state index is 12.3. The van der Waals surface area contributed by atoms with Gasteiger partial charge in [0.15, 0.2) is 6.10 Å². The number of amides is 1. The number of nitrogens with zero attached hydrogens (tertiary/aromatic N) is 1. The molecule has 25 heavy (non-hydrogen) atoms. The van der Waals surface area contributed by atoms with Gasteiger partial charge in [0.2, 0.25) is 0 Å². The molecule has 0 radical (unpaired) electrons. The maximum Gasteiger partial charge on any atom is 0.260 e. The Morgan fingerprint density at radius 2 is 2.00 bits per heavy atom. The van der Waals surface area contributed by atoms with Crippen LogP contribution in [0.15, 0.2) is 48.5 Å². The Balaban J connectivity index is 1.93. The zero-order valence-electron chi connectivity index (χ0n) is 14.3. The van der Waals surface area contributed by atoms with Crippen LogP contribution in [0.1, 0.15) is 37.3 Å². The van der Waals surface area contributed by atoms with Crippen molar-refractivity contribution < 1.29 is 9.53 Å².